The highest BCUT2D eigenvalue weighted by molar-refractivity contribution is 6.28. The Morgan fingerprint density at radius 2 is 1.81 bits per heavy atom. The fraction of sp³-hybridized carbons (Fsp3) is 0.143. The summed E-state index contributed by atoms with van der Waals surface area (Å²) >= 11 is 5.99. The number of hydrogen-bond acceptors (Lipinski definition) is 5. The van der Waals surface area contributed by atoms with Crippen LogP contribution in [0.15, 0.2) is 43.0 Å². The van der Waals surface area contributed by atoms with Crippen molar-refractivity contribution in [3.63, 3.8) is 0 Å². The zero-order chi connectivity index (χ0) is 14.8. The molecule has 0 aliphatic heterocycles. The first-order valence-electron chi connectivity index (χ1n) is 6.31. The van der Waals surface area contributed by atoms with Crippen LogP contribution in [-0.4, -0.2) is 38.6 Å². The van der Waals surface area contributed by atoms with Gasteiger partial charge in [-0.3, -0.25) is 4.57 Å². The van der Waals surface area contributed by atoms with Crippen molar-refractivity contribution in [2.45, 2.75) is 0 Å². The standard InChI is InChI=1S/C14H13ClN6/c1-20(2)11-5-3-10(4-6-11)12-17-13(15)19-14(18-12)21-8-7-16-9-21/h3-9H,1-2H3. The summed E-state index contributed by atoms with van der Waals surface area (Å²) in [4.78, 5) is 18.7. The van der Waals surface area contributed by atoms with Crippen LogP contribution < -0.4 is 4.90 Å². The van der Waals surface area contributed by atoms with E-state index in [2.05, 4.69) is 19.9 Å². The Hall–Kier alpha value is -2.47. The molecule has 0 saturated heterocycles. The van der Waals surface area contributed by atoms with E-state index in [1.54, 1.807) is 23.3 Å². The lowest BCUT2D eigenvalue weighted by molar-refractivity contribution is 0.899. The molecule has 0 fully saturated rings. The van der Waals surface area contributed by atoms with E-state index in [9.17, 15) is 0 Å². The molecule has 0 aliphatic carbocycles. The van der Waals surface area contributed by atoms with E-state index in [4.69, 9.17) is 11.6 Å². The van der Waals surface area contributed by atoms with Gasteiger partial charge in [-0.05, 0) is 35.9 Å². The van der Waals surface area contributed by atoms with Gasteiger partial charge in [0, 0.05) is 37.7 Å². The van der Waals surface area contributed by atoms with Crippen LogP contribution in [-0.2, 0) is 0 Å². The van der Waals surface area contributed by atoms with Crippen LogP contribution in [0.5, 0.6) is 0 Å². The minimum absolute atomic E-state index is 0.153. The molecule has 2 aromatic heterocycles. The second kappa shape index (κ2) is 5.49. The minimum atomic E-state index is 0.153. The Labute approximate surface area is 127 Å². The predicted molar refractivity (Wildman–Crippen MR) is 81.7 cm³/mol. The molecule has 6 nitrogen and oxygen atoms in total. The van der Waals surface area contributed by atoms with Gasteiger partial charge >= 0.3 is 0 Å². The van der Waals surface area contributed by atoms with Crippen LogP contribution in [0.2, 0.25) is 5.28 Å². The third-order valence-corrected chi connectivity index (χ3v) is 3.14. The van der Waals surface area contributed by atoms with Crippen molar-refractivity contribution < 1.29 is 0 Å². The zero-order valence-electron chi connectivity index (χ0n) is 11.6. The van der Waals surface area contributed by atoms with Gasteiger partial charge in [0.1, 0.15) is 6.33 Å². The Morgan fingerprint density at radius 3 is 2.43 bits per heavy atom. The molecule has 0 radical (unpaired) electrons. The van der Waals surface area contributed by atoms with Crippen molar-refractivity contribution in [2.24, 2.45) is 0 Å². The van der Waals surface area contributed by atoms with Crippen LogP contribution in [0.25, 0.3) is 17.3 Å². The molecule has 3 aromatic rings. The second-order valence-electron chi connectivity index (χ2n) is 4.64. The first kappa shape index (κ1) is 13.5. The van der Waals surface area contributed by atoms with Gasteiger partial charge in [-0.2, -0.15) is 15.0 Å². The van der Waals surface area contributed by atoms with Gasteiger partial charge in [-0.25, -0.2) is 4.98 Å². The smallest absolute Gasteiger partial charge is 0.239 e. The van der Waals surface area contributed by atoms with Crippen LogP contribution >= 0.6 is 11.6 Å². The lowest BCUT2D eigenvalue weighted by atomic mass is 10.2. The topological polar surface area (TPSA) is 59.7 Å². The van der Waals surface area contributed by atoms with Gasteiger partial charge in [0.2, 0.25) is 11.2 Å². The maximum atomic E-state index is 5.99. The largest absolute Gasteiger partial charge is 0.378 e. The summed E-state index contributed by atoms with van der Waals surface area (Å²) in [6.07, 6.45) is 5.03. The summed E-state index contributed by atoms with van der Waals surface area (Å²) in [5, 5.41) is 0.153. The lowest BCUT2D eigenvalue weighted by Crippen LogP contribution is -2.08. The number of rotatable bonds is 3. The van der Waals surface area contributed by atoms with E-state index < -0.39 is 0 Å². The van der Waals surface area contributed by atoms with E-state index in [1.807, 2.05) is 43.3 Å². The van der Waals surface area contributed by atoms with Crippen molar-refractivity contribution in [3.8, 4) is 17.3 Å². The van der Waals surface area contributed by atoms with E-state index in [0.29, 0.717) is 11.8 Å². The Balaban J connectivity index is 2.02. The molecule has 0 unspecified atom stereocenters. The van der Waals surface area contributed by atoms with Crippen molar-refractivity contribution in [2.75, 3.05) is 19.0 Å². The SMILES string of the molecule is CN(C)c1ccc(-c2nc(Cl)nc(-n3ccnc3)n2)cc1. The monoisotopic (exact) mass is 300 g/mol. The van der Waals surface area contributed by atoms with Crippen LogP contribution in [0.1, 0.15) is 0 Å². The number of nitrogens with zero attached hydrogens (tertiary/aromatic N) is 6. The van der Waals surface area contributed by atoms with Crippen molar-refractivity contribution >= 4 is 17.3 Å². The first-order chi connectivity index (χ1) is 10.1. The Bertz CT molecular complexity index is 737. The maximum Gasteiger partial charge on any atom is 0.239 e. The second-order valence-corrected chi connectivity index (χ2v) is 4.98. The average Bonchev–Trinajstić information content (AvgIpc) is 3.01. The highest BCUT2D eigenvalue weighted by atomic mass is 35.5. The summed E-state index contributed by atoms with van der Waals surface area (Å²) in [7, 11) is 3.98. The van der Waals surface area contributed by atoms with Gasteiger partial charge in [0.05, 0.1) is 0 Å². The molecule has 0 saturated carbocycles. The van der Waals surface area contributed by atoms with Crippen molar-refractivity contribution in [1.29, 1.82) is 0 Å². The Kier molecular flexibility index (Phi) is 3.53. The highest BCUT2D eigenvalue weighted by Gasteiger charge is 2.09. The zero-order valence-corrected chi connectivity index (χ0v) is 12.4. The molecule has 21 heavy (non-hydrogen) atoms. The van der Waals surface area contributed by atoms with E-state index in [0.717, 1.165) is 11.3 Å². The summed E-state index contributed by atoms with van der Waals surface area (Å²) < 4.78 is 1.69. The molecule has 1 aromatic carbocycles. The molecule has 0 amide bonds. The number of hydrogen-bond donors (Lipinski definition) is 0. The third-order valence-electron chi connectivity index (χ3n) is 2.97. The molecule has 0 N–H and O–H groups in total. The number of anilines is 1. The molecule has 106 valence electrons. The average molecular weight is 301 g/mol. The fourth-order valence-electron chi connectivity index (χ4n) is 1.87. The Morgan fingerprint density at radius 1 is 1.05 bits per heavy atom. The van der Waals surface area contributed by atoms with E-state index >= 15 is 0 Å². The molecule has 0 bridgehead atoms. The number of benzene rings is 1. The normalized spacial score (nSPS) is 10.6. The van der Waals surface area contributed by atoms with Crippen molar-refractivity contribution in [1.82, 2.24) is 24.5 Å². The molecule has 3 rings (SSSR count). The number of halogens is 1. The van der Waals surface area contributed by atoms with Crippen molar-refractivity contribution in [3.05, 3.63) is 48.3 Å². The van der Waals surface area contributed by atoms with E-state index in [1.165, 1.54) is 0 Å². The van der Waals surface area contributed by atoms with Gasteiger partial charge in [-0.15, -0.1) is 0 Å². The van der Waals surface area contributed by atoms with E-state index in [-0.39, 0.29) is 5.28 Å². The molecule has 0 aliphatic rings. The lowest BCUT2D eigenvalue weighted by Gasteiger charge is -2.12. The molecular weight excluding hydrogens is 288 g/mol. The quantitative estimate of drug-likeness (QED) is 0.743. The molecule has 0 atom stereocenters. The van der Waals surface area contributed by atoms with Gasteiger partial charge in [0.15, 0.2) is 5.82 Å². The third kappa shape index (κ3) is 2.85. The van der Waals surface area contributed by atoms with Gasteiger partial charge < -0.3 is 4.90 Å². The predicted octanol–water partition coefficient (Wildman–Crippen LogP) is 2.44. The van der Waals surface area contributed by atoms with Crippen LogP contribution in [0.3, 0.4) is 0 Å². The first-order valence-corrected chi connectivity index (χ1v) is 6.69. The summed E-state index contributed by atoms with van der Waals surface area (Å²) in [5.74, 6) is 0.975. The molecule has 0 spiro atoms. The fourth-order valence-corrected chi connectivity index (χ4v) is 2.03. The maximum absolute atomic E-state index is 5.99. The van der Waals surface area contributed by atoms with Crippen LogP contribution in [0, 0.1) is 0 Å². The number of aromatic nitrogens is 5. The summed E-state index contributed by atoms with van der Waals surface area (Å²) in [6, 6.07) is 7.92. The summed E-state index contributed by atoms with van der Waals surface area (Å²) in [6.45, 7) is 0. The van der Waals surface area contributed by atoms with Gasteiger partial charge in [0.25, 0.3) is 0 Å². The minimum Gasteiger partial charge on any atom is -0.378 e. The molecule has 2 heterocycles. The van der Waals surface area contributed by atoms with Gasteiger partial charge in [-0.1, -0.05) is 0 Å². The highest BCUT2D eigenvalue weighted by Crippen LogP contribution is 2.21. The number of imidazole rings is 1. The summed E-state index contributed by atoms with van der Waals surface area (Å²) in [5.41, 5.74) is 1.99. The van der Waals surface area contributed by atoms with Crippen LogP contribution in [0.4, 0.5) is 5.69 Å². The molecule has 7 heteroatoms. The molecular formula is C14H13ClN6.